The van der Waals surface area contributed by atoms with Crippen molar-refractivity contribution in [2.45, 2.75) is 25.7 Å². The molecule has 5 rings (SSSR count). The van der Waals surface area contributed by atoms with E-state index in [9.17, 15) is 14.4 Å². The molecule has 6 nitrogen and oxygen atoms in total. The maximum Gasteiger partial charge on any atom is 0.261 e. The summed E-state index contributed by atoms with van der Waals surface area (Å²) >= 11 is 1.46. The fourth-order valence-corrected chi connectivity index (χ4v) is 5.28. The minimum Gasteiger partial charge on any atom is -0.497 e. The average molecular weight is 474 g/mol. The molecule has 0 spiro atoms. The third kappa shape index (κ3) is 4.06. The SMILES string of the molecule is COc1ccc2o/c(=N\c3sc4c(c3C#N)CCCC4)c(C(=O)Nc3ccccc3F)cc2c1. The maximum atomic E-state index is 14.2. The largest absolute Gasteiger partial charge is 0.497 e. The zero-order valence-corrected chi connectivity index (χ0v) is 19.2. The first-order valence-electron chi connectivity index (χ1n) is 10.8. The lowest BCUT2D eigenvalue weighted by Gasteiger charge is -2.09. The van der Waals surface area contributed by atoms with Crippen molar-refractivity contribution < 1.29 is 18.3 Å². The Morgan fingerprint density at radius 3 is 2.82 bits per heavy atom. The predicted molar refractivity (Wildman–Crippen MR) is 128 cm³/mol. The fourth-order valence-electron chi connectivity index (χ4n) is 4.07. The number of aryl methyl sites for hydroxylation is 1. The van der Waals surface area contributed by atoms with Crippen LogP contribution < -0.4 is 15.6 Å². The van der Waals surface area contributed by atoms with Crippen LogP contribution in [0.25, 0.3) is 11.0 Å². The number of rotatable bonds is 4. The van der Waals surface area contributed by atoms with Gasteiger partial charge >= 0.3 is 0 Å². The summed E-state index contributed by atoms with van der Waals surface area (Å²) in [6, 6.07) is 15.1. The number of thiophene rings is 1. The Kier molecular flexibility index (Phi) is 5.86. The van der Waals surface area contributed by atoms with E-state index >= 15 is 0 Å². The van der Waals surface area contributed by atoms with Crippen LogP contribution in [0.5, 0.6) is 5.75 Å². The number of carbonyl (C=O) groups is 1. The van der Waals surface area contributed by atoms with Gasteiger partial charge in [0.2, 0.25) is 5.55 Å². The van der Waals surface area contributed by atoms with Gasteiger partial charge in [0.15, 0.2) is 0 Å². The van der Waals surface area contributed by atoms with Gasteiger partial charge in [-0.05, 0) is 67.6 Å². The van der Waals surface area contributed by atoms with Crippen molar-refractivity contribution in [2.75, 3.05) is 12.4 Å². The first-order chi connectivity index (χ1) is 16.6. The van der Waals surface area contributed by atoms with Crippen LogP contribution in [-0.2, 0) is 12.8 Å². The van der Waals surface area contributed by atoms with Crippen LogP contribution in [-0.4, -0.2) is 13.0 Å². The number of hydrogen-bond acceptors (Lipinski definition) is 6. The lowest BCUT2D eigenvalue weighted by Crippen LogP contribution is -2.22. The van der Waals surface area contributed by atoms with Crippen molar-refractivity contribution in [3.63, 3.8) is 0 Å². The third-order valence-electron chi connectivity index (χ3n) is 5.79. The Morgan fingerprint density at radius 1 is 1.21 bits per heavy atom. The van der Waals surface area contributed by atoms with E-state index in [2.05, 4.69) is 16.4 Å². The molecule has 2 aromatic heterocycles. The quantitative estimate of drug-likeness (QED) is 0.401. The van der Waals surface area contributed by atoms with Crippen LogP contribution in [0.3, 0.4) is 0 Å². The van der Waals surface area contributed by atoms with Crippen molar-refractivity contribution in [3.8, 4) is 11.8 Å². The second-order valence-corrected chi connectivity index (χ2v) is 9.00. The van der Waals surface area contributed by atoms with E-state index in [4.69, 9.17) is 9.15 Å². The van der Waals surface area contributed by atoms with E-state index in [0.29, 0.717) is 27.3 Å². The first kappa shape index (κ1) is 21.9. The summed E-state index contributed by atoms with van der Waals surface area (Å²) in [5.41, 5.74) is 2.31. The summed E-state index contributed by atoms with van der Waals surface area (Å²) in [6.07, 6.45) is 3.88. The van der Waals surface area contributed by atoms with Gasteiger partial charge in [0, 0.05) is 10.3 Å². The van der Waals surface area contributed by atoms with E-state index in [1.54, 1.807) is 43.5 Å². The number of hydrogen-bond donors (Lipinski definition) is 1. The molecule has 0 aliphatic heterocycles. The number of fused-ring (bicyclic) bond motifs is 2. The maximum absolute atomic E-state index is 14.2. The number of para-hydroxylation sites is 1. The second kappa shape index (κ2) is 9.12. The number of carbonyl (C=O) groups excluding carboxylic acids is 1. The van der Waals surface area contributed by atoms with Gasteiger partial charge in [-0.1, -0.05) is 12.1 Å². The van der Waals surface area contributed by atoms with Crippen LogP contribution in [0.1, 0.15) is 39.2 Å². The van der Waals surface area contributed by atoms with Crippen molar-refractivity contribution in [2.24, 2.45) is 4.99 Å². The summed E-state index contributed by atoms with van der Waals surface area (Å²) in [4.78, 5) is 19.0. The summed E-state index contributed by atoms with van der Waals surface area (Å²) in [7, 11) is 1.55. The lowest BCUT2D eigenvalue weighted by molar-refractivity contribution is 0.102. The molecule has 1 amide bonds. The molecule has 0 bridgehead atoms. The number of nitrogens with zero attached hydrogens (tertiary/aromatic N) is 2. The number of ether oxygens (including phenoxy) is 1. The normalized spacial score (nSPS) is 13.4. The molecule has 0 atom stereocenters. The topological polar surface area (TPSA) is 87.6 Å². The molecule has 1 aliphatic carbocycles. The predicted octanol–water partition coefficient (Wildman–Crippen LogP) is 5.88. The van der Waals surface area contributed by atoms with E-state index in [0.717, 1.165) is 36.1 Å². The van der Waals surface area contributed by atoms with Crippen LogP contribution in [0, 0.1) is 17.1 Å². The van der Waals surface area contributed by atoms with Crippen molar-refractivity contribution in [1.82, 2.24) is 0 Å². The van der Waals surface area contributed by atoms with Gasteiger partial charge in [0.25, 0.3) is 5.91 Å². The zero-order chi connectivity index (χ0) is 23.7. The first-order valence-corrected chi connectivity index (χ1v) is 11.7. The van der Waals surface area contributed by atoms with E-state index < -0.39 is 11.7 Å². The minimum atomic E-state index is -0.572. The van der Waals surface area contributed by atoms with Crippen LogP contribution in [0.4, 0.5) is 15.1 Å². The van der Waals surface area contributed by atoms with E-state index in [1.807, 2.05) is 0 Å². The number of anilines is 1. The average Bonchev–Trinajstić information content (AvgIpc) is 3.21. The molecular weight excluding hydrogens is 453 g/mol. The molecular formula is C26H20FN3O3S. The Bertz CT molecular complexity index is 1530. The number of nitriles is 1. The standard InChI is InChI=1S/C26H20FN3O3S/c1-32-16-10-11-22-15(12-16)13-18(24(31)29-21-8-4-3-7-20(21)27)25(33-22)30-26-19(14-28)17-6-2-5-9-23(17)34-26/h3-4,7-8,10-13H,2,5-6,9H2,1H3,(H,29,31)/b30-25-. The summed E-state index contributed by atoms with van der Waals surface area (Å²) in [6.45, 7) is 0. The molecule has 0 saturated heterocycles. The van der Waals surface area contributed by atoms with Gasteiger partial charge in [-0.25, -0.2) is 9.38 Å². The molecule has 4 aromatic rings. The molecule has 170 valence electrons. The van der Waals surface area contributed by atoms with Gasteiger partial charge in [-0.2, -0.15) is 5.26 Å². The molecule has 0 saturated carbocycles. The second-order valence-electron chi connectivity index (χ2n) is 7.92. The third-order valence-corrected chi connectivity index (χ3v) is 6.97. The van der Waals surface area contributed by atoms with Gasteiger partial charge in [-0.3, -0.25) is 4.79 Å². The Hall–Kier alpha value is -3.96. The Balaban J connectivity index is 1.69. The number of benzene rings is 2. The van der Waals surface area contributed by atoms with Crippen molar-refractivity contribution in [1.29, 1.82) is 5.26 Å². The van der Waals surface area contributed by atoms with Crippen LogP contribution in [0.2, 0.25) is 0 Å². The van der Waals surface area contributed by atoms with Gasteiger partial charge in [0.05, 0.1) is 18.4 Å². The molecule has 34 heavy (non-hydrogen) atoms. The molecule has 0 radical (unpaired) electrons. The fraction of sp³-hybridized carbons (Fsp3) is 0.192. The van der Waals surface area contributed by atoms with E-state index in [-0.39, 0.29) is 16.8 Å². The molecule has 0 unspecified atom stereocenters. The summed E-state index contributed by atoms with van der Waals surface area (Å²) in [5, 5.41) is 13.5. The van der Waals surface area contributed by atoms with Gasteiger partial charge in [-0.15, -0.1) is 11.3 Å². The lowest BCUT2D eigenvalue weighted by atomic mass is 9.96. The van der Waals surface area contributed by atoms with Crippen molar-refractivity contribution >= 4 is 38.9 Å². The molecule has 2 aromatic carbocycles. The summed E-state index contributed by atoms with van der Waals surface area (Å²) in [5.74, 6) is -0.519. The molecule has 2 heterocycles. The smallest absolute Gasteiger partial charge is 0.261 e. The number of amides is 1. The Morgan fingerprint density at radius 2 is 2.03 bits per heavy atom. The monoisotopic (exact) mass is 473 g/mol. The minimum absolute atomic E-state index is 0.0495. The van der Waals surface area contributed by atoms with E-state index in [1.165, 1.54) is 23.5 Å². The molecule has 8 heteroatoms. The highest BCUT2D eigenvalue weighted by Crippen LogP contribution is 2.39. The van der Waals surface area contributed by atoms with Crippen molar-refractivity contribution in [3.05, 3.63) is 81.5 Å². The van der Waals surface area contributed by atoms with Gasteiger partial charge in [0.1, 0.15) is 33.8 Å². The number of methoxy groups -OCH3 is 1. The van der Waals surface area contributed by atoms with Gasteiger partial charge < -0.3 is 14.5 Å². The molecule has 1 aliphatic rings. The number of halogens is 1. The van der Waals surface area contributed by atoms with Crippen LogP contribution in [0.15, 0.2) is 57.9 Å². The number of nitrogens with one attached hydrogen (secondary N) is 1. The Labute approximate surface area is 198 Å². The highest BCUT2D eigenvalue weighted by molar-refractivity contribution is 7.16. The molecule has 1 N–H and O–H groups in total. The zero-order valence-electron chi connectivity index (χ0n) is 18.4. The highest BCUT2D eigenvalue weighted by Gasteiger charge is 2.22. The highest BCUT2D eigenvalue weighted by atomic mass is 32.1. The van der Waals surface area contributed by atoms with Crippen LogP contribution >= 0.6 is 11.3 Å². The molecule has 0 fully saturated rings. The summed E-state index contributed by atoms with van der Waals surface area (Å²) < 4.78 is 25.5.